The fourth-order valence-corrected chi connectivity index (χ4v) is 4.97. The number of carbonyl (C=O) groups excluding carboxylic acids is 1. The molecule has 0 spiro atoms. The molecule has 0 aliphatic heterocycles. The second-order valence-electron chi connectivity index (χ2n) is 7.67. The number of aryl methyl sites for hydroxylation is 1. The molecule has 0 saturated carbocycles. The van der Waals surface area contributed by atoms with Crippen molar-refractivity contribution in [1.82, 2.24) is 5.32 Å². The van der Waals surface area contributed by atoms with Gasteiger partial charge < -0.3 is 19.5 Å². The third kappa shape index (κ3) is 6.66. The predicted octanol–water partition coefficient (Wildman–Crippen LogP) is 3.66. The van der Waals surface area contributed by atoms with Crippen LogP contribution in [0, 0.1) is 0 Å². The highest BCUT2D eigenvalue weighted by atomic mass is 32.2. The number of amides is 1. The van der Waals surface area contributed by atoms with Crippen LogP contribution >= 0.6 is 0 Å². The van der Waals surface area contributed by atoms with Crippen LogP contribution in [0.15, 0.2) is 77.7 Å². The molecule has 8 nitrogen and oxygen atoms in total. The average molecular weight is 499 g/mol. The summed E-state index contributed by atoms with van der Waals surface area (Å²) in [5.74, 6) is 1.50. The van der Waals surface area contributed by atoms with Crippen molar-refractivity contribution in [2.75, 3.05) is 38.7 Å². The van der Waals surface area contributed by atoms with Gasteiger partial charge in [-0.3, -0.25) is 9.10 Å². The first-order valence-corrected chi connectivity index (χ1v) is 12.5. The molecule has 0 atom stereocenters. The Balaban J connectivity index is 1.66. The standard InChI is InChI=1S/C26H30N2O6S/c1-32-22-14-12-21(13-15-22)28(35(30,31)23-9-5-4-6-10-23)19-26(29)27-17-7-8-20-11-16-24(33-2)25(18-20)34-3/h4-6,9-16,18H,7-8,17,19H2,1-3H3,(H,27,29). The number of hydrogen-bond donors (Lipinski definition) is 1. The molecule has 0 aromatic heterocycles. The van der Waals surface area contributed by atoms with Gasteiger partial charge in [0.2, 0.25) is 5.91 Å². The number of ether oxygens (including phenoxy) is 3. The van der Waals surface area contributed by atoms with E-state index in [-0.39, 0.29) is 11.4 Å². The molecule has 3 aromatic carbocycles. The molecule has 1 amide bonds. The van der Waals surface area contributed by atoms with Crippen LogP contribution in [0.5, 0.6) is 17.2 Å². The van der Waals surface area contributed by atoms with Gasteiger partial charge in [-0.05, 0) is 66.9 Å². The molecule has 0 aliphatic carbocycles. The summed E-state index contributed by atoms with van der Waals surface area (Å²) < 4.78 is 43.5. The van der Waals surface area contributed by atoms with Crippen LogP contribution in [-0.2, 0) is 21.2 Å². The Bertz CT molecular complexity index is 1210. The lowest BCUT2D eigenvalue weighted by atomic mass is 10.1. The molecule has 0 heterocycles. The van der Waals surface area contributed by atoms with Crippen molar-refractivity contribution in [3.8, 4) is 17.2 Å². The van der Waals surface area contributed by atoms with Gasteiger partial charge in [-0.1, -0.05) is 24.3 Å². The smallest absolute Gasteiger partial charge is 0.264 e. The maximum absolute atomic E-state index is 13.3. The number of nitrogens with one attached hydrogen (secondary N) is 1. The van der Waals surface area contributed by atoms with E-state index in [1.54, 1.807) is 56.7 Å². The first kappa shape index (κ1) is 25.9. The van der Waals surface area contributed by atoms with Crippen molar-refractivity contribution < 1.29 is 27.4 Å². The van der Waals surface area contributed by atoms with Crippen LogP contribution in [0.1, 0.15) is 12.0 Å². The molecule has 35 heavy (non-hydrogen) atoms. The maximum atomic E-state index is 13.3. The Morgan fingerprint density at radius 1 is 0.857 bits per heavy atom. The number of carbonyl (C=O) groups is 1. The summed E-state index contributed by atoms with van der Waals surface area (Å²) in [4.78, 5) is 12.9. The highest BCUT2D eigenvalue weighted by molar-refractivity contribution is 7.92. The molecule has 3 rings (SSSR count). The van der Waals surface area contributed by atoms with Gasteiger partial charge in [0.05, 0.1) is 31.9 Å². The Kier molecular flexibility index (Phi) is 8.97. The van der Waals surface area contributed by atoms with Gasteiger partial charge in [-0.2, -0.15) is 0 Å². The summed E-state index contributed by atoms with van der Waals surface area (Å²) in [6, 6.07) is 20.3. The van der Waals surface area contributed by atoms with Gasteiger partial charge in [-0.15, -0.1) is 0 Å². The molecule has 9 heteroatoms. The van der Waals surface area contributed by atoms with E-state index in [0.717, 1.165) is 9.87 Å². The molecular weight excluding hydrogens is 468 g/mol. The molecular formula is C26H30N2O6S. The minimum absolute atomic E-state index is 0.108. The number of rotatable bonds is 12. The number of benzene rings is 3. The molecule has 0 saturated heterocycles. The monoisotopic (exact) mass is 498 g/mol. The third-order valence-electron chi connectivity index (χ3n) is 5.39. The Hall–Kier alpha value is -3.72. The van der Waals surface area contributed by atoms with Crippen molar-refractivity contribution in [1.29, 1.82) is 0 Å². The van der Waals surface area contributed by atoms with Crippen molar-refractivity contribution in [2.24, 2.45) is 0 Å². The minimum Gasteiger partial charge on any atom is -0.497 e. The van der Waals surface area contributed by atoms with E-state index >= 15 is 0 Å². The fraction of sp³-hybridized carbons (Fsp3) is 0.269. The van der Waals surface area contributed by atoms with Crippen molar-refractivity contribution in [2.45, 2.75) is 17.7 Å². The summed E-state index contributed by atoms with van der Waals surface area (Å²) in [5, 5.41) is 2.82. The molecule has 0 aliphatic rings. The molecule has 0 unspecified atom stereocenters. The summed E-state index contributed by atoms with van der Waals surface area (Å²) in [7, 11) is 0.747. The molecule has 1 N–H and O–H groups in total. The second kappa shape index (κ2) is 12.1. The normalized spacial score (nSPS) is 10.9. The molecule has 0 radical (unpaired) electrons. The van der Waals surface area contributed by atoms with Gasteiger partial charge in [0.15, 0.2) is 11.5 Å². The average Bonchev–Trinajstić information content (AvgIpc) is 2.90. The molecule has 3 aromatic rings. The van der Waals surface area contributed by atoms with Crippen molar-refractivity contribution >= 4 is 21.6 Å². The summed E-state index contributed by atoms with van der Waals surface area (Å²) in [6.07, 6.45) is 1.39. The highest BCUT2D eigenvalue weighted by Gasteiger charge is 2.27. The van der Waals surface area contributed by atoms with Crippen molar-refractivity contribution in [3.63, 3.8) is 0 Å². The first-order chi connectivity index (χ1) is 16.9. The summed E-state index contributed by atoms with van der Waals surface area (Å²) >= 11 is 0. The Morgan fingerprint density at radius 3 is 2.17 bits per heavy atom. The zero-order chi connectivity index (χ0) is 25.3. The predicted molar refractivity (Wildman–Crippen MR) is 135 cm³/mol. The zero-order valence-corrected chi connectivity index (χ0v) is 20.9. The van der Waals surface area contributed by atoms with Gasteiger partial charge >= 0.3 is 0 Å². The van der Waals surface area contributed by atoms with E-state index < -0.39 is 15.9 Å². The topological polar surface area (TPSA) is 94.2 Å². The van der Waals surface area contributed by atoms with Gasteiger partial charge in [0.25, 0.3) is 10.0 Å². The highest BCUT2D eigenvalue weighted by Crippen LogP contribution is 2.28. The maximum Gasteiger partial charge on any atom is 0.264 e. The lowest BCUT2D eigenvalue weighted by molar-refractivity contribution is -0.119. The zero-order valence-electron chi connectivity index (χ0n) is 20.1. The van der Waals surface area contributed by atoms with Gasteiger partial charge in [0, 0.05) is 6.54 Å². The van der Waals surface area contributed by atoms with Gasteiger partial charge in [0.1, 0.15) is 12.3 Å². The van der Waals surface area contributed by atoms with E-state index in [4.69, 9.17) is 14.2 Å². The van der Waals surface area contributed by atoms with Crippen LogP contribution in [0.3, 0.4) is 0 Å². The van der Waals surface area contributed by atoms with Gasteiger partial charge in [-0.25, -0.2) is 8.42 Å². The van der Waals surface area contributed by atoms with E-state index in [0.29, 0.717) is 42.3 Å². The molecule has 186 valence electrons. The molecule has 0 bridgehead atoms. The first-order valence-electron chi connectivity index (χ1n) is 11.1. The number of hydrogen-bond acceptors (Lipinski definition) is 6. The summed E-state index contributed by atoms with van der Waals surface area (Å²) in [6.45, 7) is 0.0505. The van der Waals surface area contributed by atoms with E-state index in [1.165, 1.54) is 19.2 Å². The van der Waals surface area contributed by atoms with Crippen LogP contribution in [0.25, 0.3) is 0 Å². The SMILES string of the molecule is COc1ccc(N(CC(=O)NCCCc2ccc(OC)c(OC)c2)S(=O)(=O)c2ccccc2)cc1. The van der Waals surface area contributed by atoms with Crippen LogP contribution in [0.4, 0.5) is 5.69 Å². The lowest BCUT2D eigenvalue weighted by Gasteiger charge is -2.24. The minimum atomic E-state index is -3.95. The van der Waals surface area contributed by atoms with E-state index in [2.05, 4.69) is 5.32 Å². The van der Waals surface area contributed by atoms with Crippen LogP contribution < -0.4 is 23.8 Å². The Labute approximate surface area is 206 Å². The molecule has 0 fully saturated rings. The number of methoxy groups -OCH3 is 3. The van der Waals surface area contributed by atoms with Crippen LogP contribution in [-0.4, -0.2) is 48.7 Å². The number of sulfonamides is 1. The van der Waals surface area contributed by atoms with Crippen molar-refractivity contribution in [3.05, 3.63) is 78.4 Å². The third-order valence-corrected chi connectivity index (χ3v) is 7.18. The van der Waals surface area contributed by atoms with Crippen LogP contribution in [0.2, 0.25) is 0 Å². The fourth-order valence-electron chi connectivity index (χ4n) is 3.53. The Morgan fingerprint density at radius 2 is 1.54 bits per heavy atom. The van der Waals surface area contributed by atoms with E-state index in [9.17, 15) is 13.2 Å². The number of nitrogens with zero attached hydrogens (tertiary/aromatic N) is 1. The van der Waals surface area contributed by atoms with E-state index in [1.807, 2.05) is 18.2 Å². The lowest BCUT2D eigenvalue weighted by Crippen LogP contribution is -2.41. The summed E-state index contributed by atoms with van der Waals surface area (Å²) in [5.41, 5.74) is 1.42. The second-order valence-corrected chi connectivity index (χ2v) is 9.53. The quantitative estimate of drug-likeness (QED) is 0.383. The number of anilines is 1. The largest absolute Gasteiger partial charge is 0.497 e.